The van der Waals surface area contributed by atoms with Crippen LogP contribution in [-0.2, 0) is 4.79 Å². The average molecular weight is 277 g/mol. The molecule has 1 unspecified atom stereocenters. The second kappa shape index (κ2) is 6.27. The van der Waals surface area contributed by atoms with Crippen molar-refractivity contribution in [3.05, 3.63) is 11.8 Å². The van der Waals surface area contributed by atoms with Gasteiger partial charge in [0.2, 0.25) is 5.91 Å². The summed E-state index contributed by atoms with van der Waals surface area (Å²) in [6, 6.07) is 1.26. The zero-order valence-electron chi connectivity index (χ0n) is 12.6. The van der Waals surface area contributed by atoms with Crippen molar-refractivity contribution in [2.75, 3.05) is 26.7 Å². The van der Waals surface area contributed by atoms with Crippen LogP contribution in [0.4, 0.5) is 0 Å². The van der Waals surface area contributed by atoms with Crippen LogP contribution in [0.25, 0.3) is 0 Å². The number of allylic oxidation sites excluding steroid dienone is 2. The Balaban J connectivity index is 1.53. The van der Waals surface area contributed by atoms with E-state index in [0.29, 0.717) is 18.6 Å². The summed E-state index contributed by atoms with van der Waals surface area (Å²) < 4.78 is 0. The summed E-state index contributed by atoms with van der Waals surface area (Å²) in [4.78, 5) is 16.8. The van der Waals surface area contributed by atoms with E-state index in [-0.39, 0.29) is 5.91 Å². The largest absolute Gasteiger partial charge is 0.318 e. The van der Waals surface area contributed by atoms with Crippen LogP contribution >= 0.6 is 0 Å². The fourth-order valence-corrected chi connectivity index (χ4v) is 3.38. The van der Waals surface area contributed by atoms with E-state index in [9.17, 15) is 4.79 Å². The first-order valence-corrected chi connectivity index (χ1v) is 8.17. The molecule has 3 aliphatic rings. The van der Waals surface area contributed by atoms with Crippen LogP contribution in [0.1, 0.15) is 44.9 Å². The smallest absolute Gasteiger partial charge is 0.240 e. The van der Waals surface area contributed by atoms with E-state index in [1.54, 1.807) is 0 Å². The van der Waals surface area contributed by atoms with Gasteiger partial charge in [-0.15, -0.1) is 0 Å². The van der Waals surface area contributed by atoms with Crippen molar-refractivity contribution in [2.45, 2.75) is 57.0 Å². The number of amides is 1. The highest BCUT2D eigenvalue weighted by atomic mass is 16.2. The Bertz CT molecular complexity index is 383. The van der Waals surface area contributed by atoms with Gasteiger partial charge in [-0.2, -0.15) is 0 Å². The summed E-state index contributed by atoms with van der Waals surface area (Å²) >= 11 is 0. The Hall–Kier alpha value is -0.870. The number of hydrogen-bond acceptors (Lipinski definition) is 3. The molecule has 1 atom stereocenters. The van der Waals surface area contributed by atoms with Crippen molar-refractivity contribution in [1.82, 2.24) is 15.1 Å². The summed E-state index contributed by atoms with van der Waals surface area (Å²) in [6.07, 6.45) is 10.7. The molecule has 1 saturated carbocycles. The summed E-state index contributed by atoms with van der Waals surface area (Å²) in [5.74, 6) is 0.267. The van der Waals surface area contributed by atoms with Gasteiger partial charge in [-0.1, -0.05) is 6.08 Å². The minimum absolute atomic E-state index is 0.267. The van der Waals surface area contributed by atoms with Crippen molar-refractivity contribution in [3.63, 3.8) is 0 Å². The van der Waals surface area contributed by atoms with Gasteiger partial charge < -0.3 is 10.2 Å². The Morgan fingerprint density at radius 1 is 1.35 bits per heavy atom. The molecule has 2 fully saturated rings. The first-order valence-electron chi connectivity index (χ1n) is 8.17. The molecule has 2 aliphatic carbocycles. The minimum Gasteiger partial charge on any atom is -0.318 e. The summed E-state index contributed by atoms with van der Waals surface area (Å²) in [5.41, 5.74) is 1.23. The Kier molecular flexibility index (Phi) is 4.41. The van der Waals surface area contributed by atoms with Gasteiger partial charge in [0.15, 0.2) is 0 Å². The first-order chi connectivity index (χ1) is 9.74. The molecule has 20 heavy (non-hydrogen) atoms. The molecule has 0 aromatic carbocycles. The summed E-state index contributed by atoms with van der Waals surface area (Å²) in [7, 11) is 1.94. The van der Waals surface area contributed by atoms with Crippen LogP contribution < -0.4 is 5.32 Å². The van der Waals surface area contributed by atoms with E-state index in [1.165, 1.54) is 37.8 Å². The zero-order valence-corrected chi connectivity index (χ0v) is 12.6. The molecular weight excluding hydrogens is 250 g/mol. The molecule has 1 heterocycles. The van der Waals surface area contributed by atoms with E-state index >= 15 is 0 Å². The van der Waals surface area contributed by atoms with Crippen LogP contribution in [0, 0.1) is 0 Å². The SMILES string of the molecule is CN(C(=O)CN(CC1CCCN1)C1CC1)C1=CCCC1. The third-order valence-electron chi connectivity index (χ3n) is 4.84. The molecule has 1 amide bonds. The fraction of sp³-hybridized carbons (Fsp3) is 0.812. The van der Waals surface area contributed by atoms with Crippen molar-refractivity contribution < 1.29 is 4.79 Å². The fourth-order valence-electron chi connectivity index (χ4n) is 3.38. The quantitative estimate of drug-likeness (QED) is 0.803. The topological polar surface area (TPSA) is 35.6 Å². The van der Waals surface area contributed by atoms with Crippen LogP contribution in [-0.4, -0.2) is 54.5 Å². The van der Waals surface area contributed by atoms with Crippen LogP contribution in [0.15, 0.2) is 11.8 Å². The van der Waals surface area contributed by atoms with E-state index in [1.807, 2.05) is 11.9 Å². The second-order valence-corrected chi connectivity index (χ2v) is 6.49. The lowest BCUT2D eigenvalue weighted by atomic mass is 10.2. The normalized spacial score (nSPS) is 26.1. The van der Waals surface area contributed by atoms with Gasteiger partial charge in [0.25, 0.3) is 0 Å². The average Bonchev–Trinajstić information content (AvgIpc) is 2.93. The van der Waals surface area contributed by atoms with Crippen molar-refractivity contribution in [3.8, 4) is 0 Å². The minimum atomic E-state index is 0.267. The molecule has 0 aromatic heterocycles. The molecule has 0 spiro atoms. The van der Waals surface area contributed by atoms with Gasteiger partial charge in [-0.05, 0) is 51.5 Å². The molecular formula is C16H27N3O. The summed E-state index contributed by atoms with van der Waals surface area (Å²) in [6.45, 7) is 2.78. The lowest BCUT2D eigenvalue weighted by Crippen LogP contribution is -2.44. The molecule has 1 aliphatic heterocycles. The highest BCUT2D eigenvalue weighted by Gasteiger charge is 2.33. The van der Waals surface area contributed by atoms with E-state index in [2.05, 4.69) is 16.3 Å². The maximum Gasteiger partial charge on any atom is 0.240 e. The van der Waals surface area contributed by atoms with Crippen molar-refractivity contribution in [1.29, 1.82) is 0 Å². The van der Waals surface area contributed by atoms with Gasteiger partial charge in [-0.3, -0.25) is 9.69 Å². The Morgan fingerprint density at radius 2 is 2.20 bits per heavy atom. The van der Waals surface area contributed by atoms with Gasteiger partial charge in [-0.25, -0.2) is 0 Å². The maximum atomic E-state index is 12.5. The number of likely N-dealkylation sites (N-methyl/N-ethyl adjacent to an activating group) is 1. The third-order valence-corrected chi connectivity index (χ3v) is 4.84. The summed E-state index contributed by atoms with van der Waals surface area (Å²) in [5, 5.41) is 3.55. The zero-order chi connectivity index (χ0) is 13.9. The molecule has 4 heteroatoms. The predicted octanol–water partition coefficient (Wildman–Crippen LogP) is 1.73. The van der Waals surface area contributed by atoms with E-state index in [4.69, 9.17) is 0 Å². The van der Waals surface area contributed by atoms with Gasteiger partial charge in [0, 0.05) is 31.4 Å². The van der Waals surface area contributed by atoms with E-state index in [0.717, 1.165) is 25.9 Å². The molecule has 0 aromatic rings. The van der Waals surface area contributed by atoms with Gasteiger partial charge in [0.05, 0.1) is 6.54 Å². The van der Waals surface area contributed by atoms with Crippen LogP contribution in [0.3, 0.4) is 0 Å². The third kappa shape index (κ3) is 3.41. The number of carbonyl (C=O) groups excluding carboxylic acids is 1. The van der Waals surface area contributed by atoms with Crippen LogP contribution in [0.2, 0.25) is 0 Å². The van der Waals surface area contributed by atoms with Gasteiger partial charge >= 0.3 is 0 Å². The van der Waals surface area contributed by atoms with Crippen molar-refractivity contribution in [2.24, 2.45) is 0 Å². The molecule has 0 bridgehead atoms. The monoisotopic (exact) mass is 277 g/mol. The lowest BCUT2D eigenvalue weighted by Gasteiger charge is -2.27. The van der Waals surface area contributed by atoms with Crippen molar-refractivity contribution >= 4 is 5.91 Å². The lowest BCUT2D eigenvalue weighted by molar-refractivity contribution is -0.129. The molecule has 1 N–H and O–H groups in total. The molecule has 112 valence electrons. The first kappa shape index (κ1) is 14.1. The Morgan fingerprint density at radius 3 is 2.80 bits per heavy atom. The maximum absolute atomic E-state index is 12.5. The second-order valence-electron chi connectivity index (χ2n) is 6.49. The number of nitrogens with one attached hydrogen (secondary N) is 1. The standard InChI is InChI=1S/C16H27N3O/c1-18(14-6-2-3-7-14)16(20)12-19(15-8-9-15)11-13-5-4-10-17-13/h6,13,15,17H,2-5,7-12H2,1H3. The molecule has 0 radical (unpaired) electrons. The molecule has 1 saturated heterocycles. The van der Waals surface area contributed by atoms with Crippen LogP contribution in [0.5, 0.6) is 0 Å². The van der Waals surface area contributed by atoms with E-state index < -0.39 is 0 Å². The molecule has 3 rings (SSSR count). The number of carbonyl (C=O) groups is 1. The Labute approximate surface area is 122 Å². The molecule has 4 nitrogen and oxygen atoms in total. The number of hydrogen-bond donors (Lipinski definition) is 1. The van der Waals surface area contributed by atoms with Gasteiger partial charge in [0.1, 0.15) is 0 Å². The highest BCUT2D eigenvalue weighted by Crippen LogP contribution is 2.28. The predicted molar refractivity (Wildman–Crippen MR) is 80.3 cm³/mol. The highest BCUT2D eigenvalue weighted by molar-refractivity contribution is 5.79. The number of nitrogens with zero attached hydrogens (tertiary/aromatic N) is 2. The number of rotatable bonds is 6.